The van der Waals surface area contributed by atoms with E-state index in [0.717, 1.165) is 0 Å². The Labute approximate surface area is 114 Å². The zero-order valence-electron chi connectivity index (χ0n) is 9.06. The average Bonchev–Trinajstić information content (AvgIpc) is 2.19. The Bertz CT molecular complexity index is 149. The van der Waals surface area contributed by atoms with Crippen LogP contribution in [0.15, 0.2) is 0 Å². The second-order valence-electron chi connectivity index (χ2n) is 2.10. The molecule has 0 unspecified atom stereocenters. The average molecular weight is 306 g/mol. The Morgan fingerprint density at radius 3 is 1.27 bits per heavy atom. The van der Waals surface area contributed by atoms with E-state index in [-0.39, 0.29) is 31.4 Å². The second-order valence-corrected chi connectivity index (χ2v) is 2.99. The van der Waals surface area contributed by atoms with Gasteiger partial charge in [-0.1, -0.05) is 0 Å². The third-order valence-electron chi connectivity index (χ3n) is 1.09. The van der Waals surface area contributed by atoms with Crippen LogP contribution in [0.2, 0.25) is 0 Å². The topological polar surface area (TPSA) is 52.6 Å². The smallest absolute Gasteiger partial charge is 0.306 e. The third-order valence-corrected chi connectivity index (χ3v) is 1.53. The third kappa shape index (κ3) is 20.4. The van der Waals surface area contributed by atoms with Crippen LogP contribution in [0, 0.1) is 0 Å². The molecule has 0 N–H and O–H groups in total. The minimum absolute atomic E-state index is 0. The standard InChI is InChI=1S/2C4H8O2S.Zn/c2*1-6-4(5)2-3-7;/h2*7H,2-3H2,1H3;. The van der Waals surface area contributed by atoms with Crippen LogP contribution >= 0.6 is 25.3 Å². The van der Waals surface area contributed by atoms with Crippen molar-refractivity contribution in [2.75, 3.05) is 25.7 Å². The summed E-state index contributed by atoms with van der Waals surface area (Å²) in [6, 6.07) is 0. The molecular weight excluding hydrogens is 290 g/mol. The molecule has 0 heterocycles. The molecule has 0 aliphatic rings. The number of ether oxygens (including phenoxy) is 2. The van der Waals surface area contributed by atoms with E-state index in [2.05, 4.69) is 34.7 Å². The zero-order valence-corrected chi connectivity index (χ0v) is 13.8. The van der Waals surface area contributed by atoms with Gasteiger partial charge in [0.25, 0.3) is 0 Å². The number of esters is 2. The number of carbonyl (C=O) groups excluding carboxylic acids is 2. The van der Waals surface area contributed by atoms with E-state index in [1.165, 1.54) is 14.2 Å². The van der Waals surface area contributed by atoms with E-state index in [1.807, 2.05) is 0 Å². The molecule has 0 amide bonds. The molecule has 0 aliphatic heterocycles. The van der Waals surface area contributed by atoms with Gasteiger partial charge in [-0.3, -0.25) is 9.59 Å². The van der Waals surface area contributed by atoms with Crippen LogP contribution in [-0.4, -0.2) is 37.7 Å². The molecule has 4 nitrogen and oxygen atoms in total. The molecule has 0 fully saturated rings. The van der Waals surface area contributed by atoms with Gasteiger partial charge in [-0.25, -0.2) is 0 Å². The molecule has 0 aromatic rings. The molecule has 86 valence electrons. The van der Waals surface area contributed by atoms with Crippen LogP contribution < -0.4 is 0 Å². The first-order valence-electron chi connectivity index (χ1n) is 3.97. The van der Waals surface area contributed by atoms with Gasteiger partial charge in [-0.15, -0.1) is 0 Å². The Kier molecular flexibility index (Phi) is 23.0. The summed E-state index contributed by atoms with van der Waals surface area (Å²) in [4.78, 5) is 20.3. The minimum Gasteiger partial charge on any atom is -0.469 e. The van der Waals surface area contributed by atoms with Crippen molar-refractivity contribution in [2.24, 2.45) is 0 Å². The molecule has 0 spiro atoms. The number of thiol groups is 2. The van der Waals surface area contributed by atoms with Crippen molar-refractivity contribution >= 4 is 37.2 Å². The molecule has 0 bridgehead atoms. The molecule has 7 heteroatoms. The van der Waals surface area contributed by atoms with Crippen LogP contribution in [0.4, 0.5) is 0 Å². The van der Waals surface area contributed by atoms with Crippen LogP contribution in [0.5, 0.6) is 0 Å². The fraction of sp³-hybridized carbons (Fsp3) is 0.750. The van der Waals surface area contributed by atoms with E-state index < -0.39 is 0 Å². The van der Waals surface area contributed by atoms with E-state index in [9.17, 15) is 9.59 Å². The summed E-state index contributed by atoms with van der Waals surface area (Å²) < 4.78 is 8.61. The van der Waals surface area contributed by atoms with E-state index in [4.69, 9.17) is 0 Å². The molecule has 0 radical (unpaired) electrons. The molecule has 0 aliphatic carbocycles. The van der Waals surface area contributed by atoms with Crippen molar-refractivity contribution in [3.05, 3.63) is 0 Å². The van der Waals surface area contributed by atoms with Crippen molar-refractivity contribution in [3.8, 4) is 0 Å². The van der Waals surface area contributed by atoms with E-state index in [1.54, 1.807) is 0 Å². The fourth-order valence-corrected chi connectivity index (χ4v) is 0.752. The summed E-state index contributed by atoms with van der Waals surface area (Å²) in [6.45, 7) is 0. The largest absolute Gasteiger partial charge is 0.469 e. The van der Waals surface area contributed by atoms with Gasteiger partial charge in [0.2, 0.25) is 0 Å². The van der Waals surface area contributed by atoms with Gasteiger partial charge in [0, 0.05) is 31.0 Å². The van der Waals surface area contributed by atoms with Crippen molar-refractivity contribution in [3.63, 3.8) is 0 Å². The second kappa shape index (κ2) is 16.7. The maximum Gasteiger partial charge on any atom is 0.306 e. The Morgan fingerprint density at radius 1 is 0.933 bits per heavy atom. The van der Waals surface area contributed by atoms with Gasteiger partial charge in [-0.2, -0.15) is 25.3 Å². The first-order chi connectivity index (χ1) is 6.62. The summed E-state index contributed by atoms with van der Waals surface area (Å²) in [5.74, 6) is 0.726. The number of hydrogen-bond donors (Lipinski definition) is 2. The predicted molar refractivity (Wildman–Crippen MR) is 61.0 cm³/mol. The molecule has 0 atom stereocenters. The van der Waals surface area contributed by atoms with Gasteiger partial charge in [0.05, 0.1) is 27.1 Å². The van der Waals surface area contributed by atoms with Gasteiger partial charge >= 0.3 is 11.9 Å². The molecule has 15 heavy (non-hydrogen) atoms. The Hall–Kier alpha value is 0.263. The Morgan fingerprint density at radius 2 is 1.20 bits per heavy atom. The SMILES string of the molecule is COC(=O)CCS.COC(=O)CCS.[Zn]. The summed E-state index contributed by atoms with van der Waals surface area (Å²) in [7, 11) is 2.73. The van der Waals surface area contributed by atoms with Crippen LogP contribution in [0.1, 0.15) is 12.8 Å². The van der Waals surface area contributed by atoms with Crippen LogP contribution in [0.25, 0.3) is 0 Å². The maximum atomic E-state index is 10.1. The minimum atomic E-state index is -0.199. The van der Waals surface area contributed by atoms with Gasteiger partial charge in [-0.05, 0) is 0 Å². The molecule has 0 rings (SSSR count). The quantitative estimate of drug-likeness (QED) is 0.461. The summed E-state index contributed by atoms with van der Waals surface area (Å²) in [5.41, 5.74) is 0. The normalized spacial score (nSPS) is 7.73. The van der Waals surface area contributed by atoms with Gasteiger partial charge < -0.3 is 9.47 Å². The number of rotatable bonds is 4. The van der Waals surface area contributed by atoms with Crippen molar-refractivity contribution in [1.29, 1.82) is 0 Å². The summed E-state index contributed by atoms with van der Waals surface area (Å²) in [6.07, 6.45) is 0.805. The first-order valence-corrected chi connectivity index (χ1v) is 5.24. The zero-order chi connectivity index (χ0) is 11.4. The molecule has 0 saturated carbocycles. The van der Waals surface area contributed by atoms with Crippen LogP contribution in [-0.2, 0) is 38.5 Å². The van der Waals surface area contributed by atoms with E-state index in [0.29, 0.717) is 24.3 Å². The fourth-order valence-electron chi connectivity index (χ4n) is 0.387. The molecule has 0 aromatic carbocycles. The molecule has 0 aromatic heterocycles. The monoisotopic (exact) mass is 304 g/mol. The maximum absolute atomic E-state index is 10.1. The molecular formula is C8H16O4S2Zn. The molecule has 0 saturated heterocycles. The first kappa shape index (κ1) is 20.6. The van der Waals surface area contributed by atoms with Crippen molar-refractivity contribution in [1.82, 2.24) is 0 Å². The van der Waals surface area contributed by atoms with Gasteiger partial charge in [0.15, 0.2) is 0 Å². The number of methoxy groups -OCH3 is 2. The Balaban J connectivity index is -0.000000180. The summed E-state index contributed by atoms with van der Waals surface area (Å²) >= 11 is 7.63. The predicted octanol–water partition coefficient (Wildman–Crippen LogP) is 0.956. The van der Waals surface area contributed by atoms with Crippen molar-refractivity contribution < 1.29 is 38.5 Å². The van der Waals surface area contributed by atoms with Crippen molar-refractivity contribution in [2.45, 2.75) is 12.8 Å². The van der Waals surface area contributed by atoms with Crippen LogP contribution in [0.3, 0.4) is 0 Å². The summed E-state index contributed by atoms with van der Waals surface area (Å²) in [5, 5.41) is 0. The van der Waals surface area contributed by atoms with E-state index >= 15 is 0 Å². The number of hydrogen-bond acceptors (Lipinski definition) is 6. The van der Waals surface area contributed by atoms with Gasteiger partial charge in [0.1, 0.15) is 0 Å². The number of carbonyl (C=O) groups is 2.